The summed E-state index contributed by atoms with van der Waals surface area (Å²) in [4.78, 5) is 8.84. The summed E-state index contributed by atoms with van der Waals surface area (Å²) in [5, 5.41) is 3.47. The van der Waals surface area contributed by atoms with Crippen molar-refractivity contribution in [3.05, 3.63) is 35.6 Å². The first-order valence-electron chi connectivity index (χ1n) is 10.1. The lowest BCUT2D eigenvalue weighted by atomic mass is 10.1. The van der Waals surface area contributed by atoms with Crippen LogP contribution in [0.2, 0.25) is 0 Å². The normalized spacial score (nSPS) is 21.1. The van der Waals surface area contributed by atoms with Crippen molar-refractivity contribution < 1.29 is 13.9 Å². The summed E-state index contributed by atoms with van der Waals surface area (Å²) in [5.74, 6) is 0.610. The second-order valence-corrected chi connectivity index (χ2v) is 7.49. The first-order valence-corrected chi connectivity index (χ1v) is 10.1. The third-order valence-corrected chi connectivity index (χ3v) is 4.80. The van der Waals surface area contributed by atoms with Gasteiger partial charge in [0.25, 0.3) is 0 Å². The Morgan fingerprint density at radius 2 is 2.03 bits per heavy atom. The molecule has 8 heteroatoms. The maximum Gasteiger partial charge on any atom is 0.193 e. The van der Waals surface area contributed by atoms with E-state index < -0.39 is 0 Å². The van der Waals surface area contributed by atoms with Crippen LogP contribution < -0.4 is 5.32 Å². The third kappa shape index (κ3) is 8.74. The number of morpholine rings is 1. The van der Waals surface area contributed by atoms with Crippen LogP contribution >= 0.6 is 24.0 Å². The zero-order valence-electron chi connectivity index (χ0n) is 18.2. The quantitative estimate of drug-likeness (QED) is 0.323. The molecule has 0 saturated carbocycles. The van der Waals surface area contributed by atoms with Gasteiger partial charge in [0.2, 0.25) is 0 Å². The van der Waals surface area contributed by atoms with Gasteiger partial charge >= 0.3 is 0 Å². The van der Waals surface area contributed by atoms with Gasteiger partial charge in [-0.3, -0.25) is 4.99 Å². The molecule has 0 amide bonds. The van der Waals surface area contributed by atoms with E-state index in [9.17, 15) is 4.39 Å². The molecule has 1 heterocycles. The molecule has 0 bridgehead atoms. The van der Waals surface area contributed by atoms with E-state index in [0.717, 1.165) is 31.0 Å². The molecule has 6 nitrogen and oxygen atoms in total. The smallest absolute Gasteiger partial charge is 0.193 e. The van der Waals surface area contributed by atoms with Gasteiger partial charge in [0.15, 0.2) is 5.96 Å². The Labute approximate surface area is 191 Å². The number of guanidine groups is 1. The SMILES string of the molecule is CCOC(CCN(C)C)CNC(=NC)N1CC(C)OC(c2ccc(F)cc2)C1.I. The van der Waals surface area contributed by atoms with Crippen molar-refractivity contribution in [1.29, 1.82) is 0 Å². The monoisotopic (exact) mass is 522 g/mol. The molecule has 1 saturated heterocycles. The molecule has 1 N–H and O–H groups in total. The molecule has 1 fully saturated rings. The van der Waals surface area contributed by atoms with Gasteiger partial charge in [0, 0.05) is 33.3 Å². The molecule has 1 aromatic carbocycles. The Morgan fingerprint density at radius 1 is 1.34 bits per heavy atom. The fourth-order valence-corrected chi connectivity index (χ4v) is 3.41. The molecule has 1 aliphatic rings. The zero-order valence-corrected chi connectivity index (χ0v) is 20.6. The van der Waals surface area contributed by atoms with Crippen LogP contribution in [0.25, 0.3) is 0 Å². The van der Waals surface area contributed by atoms with Crippen molar-refractivity contribution in [3.8, 4) is 0 Å². The van der Waals surface area contributed by atoms with Gasteiger partial charge in [0.05, 0.1) is 18.8 Å². The number of hydrogen-bond acceptors (Lipinski definition) is 4. The number of aliphatic imine (C=N–C) groups is 1. The number of ether oxygens (including phenoxy) is 2. The topological polar surface area (TPSA) is 49.3 Å². The van der Waals surface area contributed by atoms with E-state index in [2.05, 4.69) is 41.1 Å². The fraction of sp³-hybridized carbons (Fsp3) is 0.667. The number of rotatable bonds is 8. The summed E-state index contributed by atoms with van der Waals surface area (Å²) in [6, 6.07) is 6.54. The number of halogens is 2. The van der Waals surface area contributed by atoms with E-state index in [1.165, 1.54) is 12.1 Å². The van der Waals surface area contributed by atoms with Crippen molar-refractivity contribution in [1.82, 2.24) is 15.1 Å². The molecule has 3 atom stereocenters. The molecule has 0 spiro atoms. The average molecular weight is 522 g/mol. The van der Waals surface area contributed by atoms with Crippen molar-refractivity contribution in [2.45, 2.75) is 38.6 Å². The van der Waals surface area contributed by atoms with Gasteiger partial charge in [-0.15, -0.1) is 24.0 Å². The van der Waals surface area contributed by atoms with Gasteiger partial charge in [0.1, 0.15) is 11.9 Å². The van der Waals surface area contributed by atoms with E-state index in [-0.39, 0.29) is 48.1 Å². The van der Waals surface area contributed by atoms with Gasteiger partial charge in [-0.1, -0.05) is 12.1 Å². The summed E-state index contributed by atoms with van der Waals surface area (Å²) >= 11 is 0. The molecular formula is C21H36FIN4O2. The summed E-state index contributed by atoms with van der Waals surface area (Å²) < 4.78 is 25.2. The van der Waals surface area contributed by atoms with E-state index in [1.807, 2.05) is 6.92 Å². The predicted molar refractivity (Wildman–Crippen MR) is 127 cm³/mol. The number of nitrogens with zero attached hydrogens (tertiary/aromatic N) is 3. The van der Waals surface area contributed by atoms with Gasteiger partial charge in [-0.25, -0.2) is 4.39 Å². The number of hydrogen-bond donors (Lipinski definition) is 1. The molecule has 29 heavy (non-hydrogen) atoms. The van der Waals surface area contributed by atoms with Crippen molar-refractivity contribution in [2.24, 2.45) is 4.99 Å². The highest BCUT2D eigenvalue weighted by atomic mass is 127. The van der Waals surface area contributed by atoms with Crippen LogP contribution in [0, 0.1) is 5.82 Å². The minimum atomic E-state index is -0.235. The van der Waals surface area contributed by atoms with Crippen LogP contribution in [0.1, 0.15) is 31.9 Å². The first-order chi connectivity index (χ1) is 13.4. The minimum Gasteiger partial charge on any atom is -0.377 e. The van der Waals surface area contributed by atoms with E-state index in [4.69, 9.17) is 9.47 Å². The lowest BCUT2D eigenvalue weighted by Gasteiger charge is -2.39. The molecule has 3 unspecified atom stereocenters. The maximum atomic E-state index is 13.2. The molecule has 1 aliphatic heterocycles. The van der Waals surface area contributed by atoms with E-state index in [1.54, 1.807) is 19.2 Å². The molecule has 0 aromatic heterocycles. The number of benzene rings is 1. The first kappa shape index (κ1) is 26.1. The second-order valence-electron chi connectivity index (χ2n) is 7.49. The van der Waals surface area contributed by atoms with Gasteiger partial charge < -0.3 is 24.6 Å². The van der Waals surface area contributed by atoms with Crippen LogP contribution in [0.15, 0.2) is 29.3 Å². The molecule has 2 rings (SSSR count). The number of nitrogens with one attached hydrogen (secondary N) is 1. The predicted octanol–water partition coefficient (Wildman–Crippen LogP) is 3.14. The Balaban J connectivity index is 0.00000420. The summed E-state index contributed by atoms with van der Waals surface area (Å²) in [5.41, 5.74) is 0.978. The fourth-order valence-electron chi connectivity index (χ4n) is 3.41. The standard InChI is InChI=1S/C21H35FN4O2.HI/c1-6-27-19(11-12-25(4)5)13-24-21(23-3)26-14-16(2)28-20(15-26)17-7-9-18(22)10-8-17;/h7-10,16,19-20H,6,11-15H2,1-5H3,(H,23,24);1H. The minimum absolute atomic E-state index is 0. The van der Waals surface area contributed by atoms with Crippen LogP contribution in [0.5, 0.6) is 0 Å². The Hall–Kier alpha value is -0.970. The highest BCUT2D eigenvalue weighted by Crippen LogP contribution is 2.25. The molecule has 0 aliphatic carbocycles. The van der Waals surface area contributed by atoms with Crippen molar-refractivity contribution in [2.75, 3.05) is 53.9 Å². The molecular weight excluding hydrogens is 486 g/mol. The molecule has 0 radical (unpaired) electrons. The van der Waals surface area contributed by atoms with Crippen LogP contribution in [0.4, 0.5) is 4.39 Å². The van der Waals surface area contributed by atoms with Gasteiger partial charge in [-0.2, -0.15) is 0 Å². The molecule has 1 aromatic rings. The van der Waals surface area contributed by atoms with E-state index in [0.29, 0.717) is 19.7 Å². The zero-order chi connectivity index (χ0) is 20.5. The van der Waals surface area contributed by atoms with Crippen LogP contribution in [0.3, 0.4) is 0 Å². The third-order valence-electron chi connectivity index (χ3n) is 4.80. The van der Waals surface area contributed by atoms with Crippen molar-refractivity contribution in [3.63, 3.8) is 0 Å². The van der Waals surface area contributed by atoms with E-state index >= 15 is 0 Å². The second kappa shape index (κ2) is 13.4. The maximum absolute atomic E-state index is 13.2. The summed E-state index contributed by atoms with van der Waals surface area (Å²) in [6.07, 6.45) is 1.04. The average Bonchev–Trinajstić information content (AvgIpc) is 2.66. The molecule has 166 valence electrons. The van der Waals surface area contributed by atoms with Crippen LogP contribution in [-0.2, 0) is 9.47 Å². The highest BCUT2D eigenvalue weighted by molar-refractivity contribution is 14.0. The van der Waals surface area contributed by atoms with Crippen molar-refractivity contribution >= 4 is 29.9 Å². The highest BCUT2D eigenvalue weighted by Gasteiger charge is 2.28. The summed E-state index contributed by atoms with van der Waals surface area (Å²) in [6.45, 7) is 7.89. The Bertz CT molecular complexity index is 615. The van der Waals surface area contributed by atoms with Gasteiger partial charge in [-0.05, 0) is 52.1 Å². The lowest BCUT2D eigenvalue weighted by Crippen LogP contribution is -2.52. The Kier molecular flexibility index (Phi) is 12.0. The lowest BCUT2D eigenvalue weighted by molar-refractivity contribution is -0.0607. The van der Waals surface area contributed by atoms with Crippen LogP contribution in [-0.4, -0.2) is 81.9 Å². The Morgan fingerprint density at radius 3 is 2.62 bits per heavy atom. The summed E-state index contributed by atoms with van der Waals surface area (Å²) in [7, 11) is 5.94. The largest absolute Gasteiger partial charge is 0.377 e.